The van der Waals surface area contributed by atoms with E-state index in [9.17, 15) is 0 Å². The summed E-state index contributed by atoms with van der Waals surface area (Å²) in [5.41, 5.74) is 13.4. The molecule has 1 aliphatic carbocycles. The Labute approximate surface area is 319 Å². The third-order valence-corrected chi connectivity index (χ3v) is 11.2. The van der Waals surface area contributed by atoms with Crippen LogP contribution in [0.3, 0.4) is 0 Å². The van der Waals surface area contributed by atoms with Gasteiger partial charge in [0.1, 0.15) is 23.0 Å². The lowest BCUT2D eigenvalue weighted by Gasteiger charge is -2.27. The van der Waals surface area contributed by atoms with E-state index in [4.69, 9.17) is 9.15 Å². The molecule has 11 rings (SSSR count). The highest BCUT2D eigenvalue weighted by molar-refractivity contribution is 6.06. The molecule has 260 valence electrons. The number of allylic oxidation sites excluding steroid dienone is 2. The summed E-state index contributed by atoms with van der Waals surface area (Å²) < 4.78 is 13.2. The van der Waals surface area contributed by atoms with Crippen molar-refractivity contribution < 1.29 is 9.15 Å². The van der Waals surface area contributed by atoms with Crippen molar-refractivity contribution in [2.24, 2.45) is 0 Å². The third-order valence-electron chi connectivity index (χ3n) is 11.2. The maximum atomic E-state index is 6.77. The second kappa shape index (κ2) is 12.8. The van der Waals surface area contributed by atoms with Gasteiger partial charge in [-0.15, -0.1) is 0 Å². The minimum atomic E-state index is -0.0723. The van der Waals surface area contributed by atoms with Crippen LogP contribution in [-0.2, 0) is 0 Å². The smallest absolute Gasteiger partial charge is 0.137 e. The molecule has 0 radical (unpaired) electrons. The Morgan fingerprint density at radius 1 is 0.436 bits per heavy atom. The van der Waals surface area contributed by atoms with Gasteiger partial charge in [-0.3, -0.25) is 0 Å². The normalized spacial score (nSPS) is 15.8. The maximum absolute atomic E-state index is 6.77. The van der Waals surface area contributed by atoms with E-state index in [0.717, 1.165) is 50.3 Å². The summed E-state index contributed by atoms with van der Waals surface area (Å²) in [5, 5.41) is 4.73. The van der Waals surface area contributed by atoms with Crippen molar-refractivity contribution in [3.8, 4) is 28.0 Å². The number of fused-ring (bicyclic) bond motifs is 8. The van der Waals surface area contributed by atoms with Gasteiger partial charge in [0, 0.05) is 39.5 Å². The van der Waals surface area contributed by atoms with Crippen molar-refractivity contribution >= 4 is 55.3 Å². The highest BCUT2D eigenvalue weighted by Gasteiger charge is 2.39. The molecule has 3 heteroatoms. The van der Waals surface area contributed by atoms with Crippen molar-refractivity contribution in [3.63, 3.8) is 0 Å². The van der Waals surface area contributed by atoms with Crippen LogP contribution >= 0.6 is 0 Å². The molecule has 1 aliphatic heterocycles. The lowest BCUT2D eigenvalue weighted by atomic mass is 9.79. The number of anilines is 3. The number of nitrogens with zero attached hydrogens (tertiary/aromatic N) is 1. The van der Waals surface area contributed by atoms with E-state index in [1.807, 2.05) is 12.1 Å². The summed E-state index contributed by atoms with van der Waals surface area (Å²) in [6, 6.07) is 64.8. The average Bonchev–Trinajstić information content (AvgIpc) is 3.83. The van der Waals surface area contributed by atoms with Crippen LogP contribution in [0.4, 0.5) is 17.1 Å². The molecule has 0 saturated heterocycles. The van der Waals surface area contributed by atoms with Gasteiger partial charge in [0.2, 0.25) is 0 Å². The first-order valence-electron chi connectivity index (χ1n) is 18.9. The van der Waals surface area contributed by atoms with Gasteiger partial charge >= 0.3 is 0 Å². The standard InChI is InChI=1S/C52H35NO2/c1-3-13-34(14-4-1)37-17-11-18-39(31-37)53(40-29-30-44-43-20-9-10-23-47(43)54-49(44)32-40)38-27-25-36(26-28-38)41-22-12-24-48-51(41)52-45-21-8-7-19-42(45)46(33-50(52)55-48)35-15-5-2-6-16-35/h1-33,48,51H. The van der Waals surface area contributed by atoms with Crippen molar-refractivity contribution in [2.45, 2.75) is 12.0 Å². The molecule has 0 saturated carbocycles. The van der Waals surface area contributed by atoms with Crippen molar-refractivity contribution in [1.82, 2.24) is 0 Å². The largest absolute Gasteiger partial charge is 0.485 e. The molecule has 8 aromatic carbocycles. The quantitative estimate of drug-likeness (QED) is 0.172. The van der Waals surface area contributed by atoms with Crippen LogP contribution in [0.15, 0.2) is 205 Å². The first kappa shape index (κ1) is 31.4. The van der Waals surface area contributed by atoms with Gasteiger partial charge in [-0.2, -0.15) is 0 Å². The van der Waals surface area contributed by atoms with Crippen molar-refractivity contribution in [2.75, 3.05) is 4.90 Å². The number of para-hydroxylation sites is 1. The molecule has 0 fully saturated rings. The molecular weight excluding hydrogens is 671 g/mol. The van der Waals surface area contributed by atoms with Crippen LogP contribution in [0, 0.1) is 0 Å². The number of benzene rings is 8. The predicted molar refractivity (Wildman–Crippen MR) is 227 cm³/mol. The minimum absolute atomic E-state index is 0.0723. The first-order chi connectivity index (χ1) is 27.3. The number of hydrogen-bond donors (Lipinski definition) is 0. The molecule has 55 heavy (non-hydrogen) atoms. The molecule has 2 atom stereocenters. The molecule has 0 spiro atoms. The van der Waals surface area contributed by atoms with Crippen LogP contribution in [0.1, 0.15) is 17.0 Å². The Bertz CT molecular complexity index is 2960. The summed E-state index contributed by atoms with van der Waals surface area (Å²) in [5.74, 6) is 1.04. The fourth-order valence-corrected chi connectivity index (χ4v) is 8.72. The van der Waals surface area contributed by atoms with Crippen LogP contribution in [0.25, 0.3) is 60.5 Å². The first-order valence-corrected chi connectivity index (χ1v) is 18.9. The Kier molecular flexibility index (Phi) is 7.31. The molecule has 2 unspecified atom stereocenters. The topological polar surface area (TPSA) is 25.6 Å². The van der Waals surface area contributed by atoms with Gasteiger partial charge in [0.05, 0.1) is 5.92 Å². The SMILES string of the molecule is C1=CC2Oc3cc(-c4ccccc4)c4ccccc4c3C2C(c2ccc(N(c3cccc(-c4ccccc4)c3)c3ccc4c(c3)oc3ccccc34)cc2)=C1. The zero-order chi connectivity index (χ0) is 36.3. The van der Waals surface area contributed by atoms with Gasteiger partial charge < -0.3 is 14.1 Å². The predicted octanol–water partition coefficient (Wildman–Crippen LogP) is 14.0. The molecule has 1 aromatic heterocycles. The summed E-state index contributed by atoms with van der Waals surface area (Å²) >= 11 is 0. The molecule has 2 heterocycles. The van der Waals surface area contributed by atoms with Gasteiger partial charge in [0.25, 0.3) is 0 Å². The molecule has 3 nitrogen and oxygen atoms in total. The van der Waals surface area contributed by atoms with E-state index in [2.05, 4.69) is 193 Å². The summed E-state index contributed by atoms with van der Waals surface area (Å²) in [6.45, 7) is 0. The summed E-state index contributed by atoms with van der Waals surface area (Å²) in [7, 11) is 0. The van der Waals surface area contributed by atoms with Gasteiger partial charge in [-0.05, 0) is 98.8 Å². The number of ether oxygens (including phenoxy) is 1. The summed E-state index contributed by atoms with van der Waals surface area (Å²) in [6.07, 6.45) is 6.55. The van der Waals surface area contributed by atoms with E-state index in [0.29, 0.717) is 0 Å². The fourth-order valence-electron chi connectivity index (χ4n) is 8.72. The Morgan fingerprint density at radius 3 is 1.91 bits per heavy atom. The lowest BCUT2D eigenvalue weighted by Crippen LogP contribution is -2.19. The van der Waals surface area contributed by atoms with Gasteiger partial charge in [-0.1, -0.05) is 140 Å². The van der Waals surface area contributed by atoms with E-state index < -0.39 is 0 Å². The maximum Gasteiger partial charge on any atom is 0.137 e. The molecule has 2 aliphatic rings. The fraction of sp³-hybridized carbons (Fsp3) is 0.0385. The van der Waals surface area contributed by atoms with Crippen molar-refractivity contribution in [1.29, 1.82) is 0 Å². The van der Waals surface area contributed by atoms with E-state index in [-0.39, 0.29) is 12.0 Å². The second-order valence-electron chi connectivity index (χ2n) is 14.4. The van der Waals surface area contributed by atoms with E-state index >= 15 is 0 Å². The van der Waals surface area contributed by atoms with Gasteiger partial charge in [0.15, 0.2) is 0 Å². The Morgan fingerprint density at radius 2 is 1.09 bits per heavy atom. The Hall–Kier alpha value is -7.10. The third kappa shape index (κ3) is 5.27. The highest BCUT2D eigenvalue weighted by Crippen LogP contribution is 2.53. The van der Waals surface area contributed by atoms with Crippen LogP contribution in [0.5, 0.6) is 5.75 Å². The van der Waals surface area contributed by atoms with Crippen LogP contribution in [0.2, 0.25) is 0 Å². The lowest BCUT2D eigenvalue weighted by molar-refractivity contribution is 0.272. The number of hydrogen-bond acceptors (Lipinski definition) is 3. The molecular formula is C52H35NO2. The van der Waals surface area contributed by atoms with Gasteiger partial charge in [-0.25, -0.2) is 0 Å². The Balaban J connectivity index is 1.01. The average molecular weight is 706 g/mol. The number of furan rings is 1. The highest BCUT2D eigenvalue weighted by atomic mass is 16.5. The monoisotopic (exact) mass is 705 g/mol. The minimum Gasteiger partial charge on any atom is -0.485 e. The zero-order valence-electron chi connectivity index (χ0n) is 30.0. The second-order valence-corrected chi connectivity index (χ2v) is 14.4. The molecule has 0 amide bonds. The molecule has 9 aromatic rings. The van der Waals surface area contributed by atoms with E-state index in [1.165, 1.54) is 44.2 Å². The van der Waals surface area contributed by atoms with Crippen LogP contribution < -0.4 is 9.64 Å². The molecule has 0 bridgehead atoms. The van der Waals surface area contributed by atoms with Crippen molar-refractivity contribution in [3.05, 3.63) is 211 Å². The molecule has 0 N–H and O–H groups in total. The van der Waals surface area contributed by atoms with Crippen LogP contribution in [-0.4, -0.2) is 6.10 Å². The van der Waals surface area contributed by atoms with E-state index in [1.54, 1.807) is 0 Å². The zero-order valence-corrected chi connectivity index (χ0v) is 30.0. The summed E-state index contributed by atoms with van der Waals surface area (Å²) in [4.78, 5) is 2.33. The number of rotatable bonds is 6.